The summed E-state index contributed by atoms with van der Waals surface area (Å²) in [6, 6.07) is 7.02. The molecule has 8 heteroatoms. The van der Waals surface area contributed by atoms with Crippen LogP contribution in [0.1, 0.15) is 25.3 Å². The Morgan fingerprint density at radius 1 is 1.31 bits per heavy atom. The van der Waals surface area contributed by atoms with Crippen molar-refractivity contribution in [2.45, 2.75) is 19.8 Å². The quantitative estimate of drug-likeness (QED) is 0.601. The highest BCUT2D eigenvalue weighted by Gasteiger charge is 2.30. The van der Waals surface area contributed by atoms with E-state index in [9.17, 15) is 18.0 Å². The summed E-state index contributed by atoms with van der Waals surface area (Å²) in [5.41, 5.74) is 1.43. The molecule has 1 amide bonds. The molecular formula is C18H24N2O5S. The molecule has 1 atom stereocenters. The molecule has 0 spiro atoms. The Bertz CT molecular complexity index is 771. The molecule has 1 fully saturated rings. The molecule has 7 nitrogen and oxygen atoms in total. The van der Waals surface area contributed by atoms with Crippen molar-refractivity contribution < 1.29 is 22.7 Å². The molecule has 1 heterocycles. The number of ether oxygens (including phenoxy) is 1. The van der Waals surface area contributed by atoms with E-state index in [-0.39, 0.29) is 18.4 Å². The number of nitrogens with one attached hydrogen (secondary N) is 1. The maximum Gasteiger partial charge on any atom is 0.330 e. The summed E-state index contributed by atoms with van der Waals surface area (Å²) in [5.74, 6) is -0.951. The summed E-state index contributed by atoms with van der Waals surface area (Å²) in [4.78, 5) is 23.7. The van der Waals surface area contributed by atoms with Crippen molar-refractivity contribution in [2.75, 3.05) is 31.3 Å². The zero-order valence-corrected chi connectivity index (χ0v) is 15.8. The molecule has 1 saturated heterocycles. The van der Waals surface area contributed by atoms with Gasteiger partial charge in [0.15, 0.2) is 0 Å². The van der Waals surface area contributed by atoms with Crippen LogP contribution in [0.5, 0.6) is 0 Å². The molecule has 0 saturated carbocycles. The van der Waals surface area contributed by atoms with Gasteiger partial charge in [0, 0.05) is 24.9 Å². The smallest absolute Gasteiger partial charge is 0.330 e. The summed E-state index contributed by atoms with van der Waals surface area (Å²) in [5, 5.41) is 2.82. The number of piperidine rings is 1. The lowest BCUT2D eigenvalue weighted by Crippen LogP contribution is -2.43. The number of carbonyl (C=O) groups excluding carboxylic acids is 2. The van der Waals surface area contributed by atoms with Crippen LogP contribution in [0.15, 0.2) is 30.3 Å². The van der Waals surface area contributed by atoms with Crippen LogP contribution in [0.3, 0.4) is 0 Å². The first-order chi connectivity index (χ1) is 12.3. The Morgan fingerprint density at radius 2 is 2.00 bits per heavy atom. The highest BCUT2D eigenvalue weighted by molar-refractivity contribution is 7.88. The number of amides is 1. The SMILES string of the molecule is CCOC(=O)/C=C/c1ccc(NC(=O)C2CCCN(S(C)(=O)=O)C2)cc1. The molecule has 1 unspecified atom stereocenters. The van der Waals surface area contributed by atoms with Gasteiger partial charge in [0.2, 0.25) is 15.9 Å². The molecule has 1 aromatic rings. The number of rotatable bonds is 6. The number of nitrogens with zero attached hydrogens (tertiary/aromatic N) is 1. The Labute approximate surface area is 154 Å². The first-order valence-electron chi connectivity index (χ1n) is 8.50. The molecule has 2 rings (SSSR count). The van der Waals surface area contributed by atoms with Crippen molar-refractivity contribution in [1.82, 2.24) is 4.31 Å². The Kier molecular flexibility index (Phi) is 6.93. The third kappa shape index (κ3) is 5.96. The predicted molar refractivity (Wildman–Crippen MR) is 99.9 cm³/mol. The minimum atomic E-state index is -3.28. The van der Waals surface area contributed by atoms with Crippen LogP contribution in [0.2, 0.25) is 0 Å². The second-order valence-electron chi connectivity index (χ2n) is 6.16. The van der Waals surface area contributed by atoms with Gasteiger partial charge in [0.05, 0.1) is 18.8 Å². The molecule has 0 aliphatic carbocycles. The van der Waals surface area contributed by atoms with Gasteiger partial charge in [-0.15, -0.1) is 0 Å². The number of benzene rings is 1. The maximum absolute atomic E-state index is 12.4. The van der Waals surface area contributed by atoms with Crippen LogP contribution in [0.4, 0.5) is 5.69 Å². The van der Waals surface area contributed by atoms with E-state index in [4.69, 9.17) is 4.74 Å². The van der Waals surface area contributed by atoms with Crippen LogP contribution < -0.4 is 5.32 Å². The molecule has 1 aliphatic rings. The summed E-state index contributed by atoms with van der Waals surface area (Å²) < 4.78 is 29.5. The molecule has 0 bridgehead atoms. The van der Waals surface area contributed by atoms with Crippen LogP contribution in [0, 0.1) is 5.92 Å². The van der Waals surface area contributed by atoms with Crippen molar-refractivity contribution in [1.29, 1.82) is 0 Å². The Hall–Kier alpha value is -2.19. The van der Waals surface area contributed by atoms with Gasteiger partial charge in [-0.05, 0) is 43.5 Å². The number of carbonyl (C=O) groups is 2. The summed E-state index contributed by atoms with van der Waals surface area (Å²) in [6.45, 7) is 2.74. The van der Waals surface area contributed by atoms with Crippen molar-refractivity contribution in [3.05, 3.63) is 35.9 Å². The van der Waals surface area contributed by atoms with Crippen molar-refractivity contribution >= 4 is 33.7 Å². The topological polar surface area (TPSA) is 92.8 Å². The van der Waals surface area contributed by atoms with Crippen LogP contribution >= 0.6 is 0 Å². The summed E-state index contributed by atoms with van der Waals surface area (Å²) >= 11 is 0. The standard InChI is InChI=1S/C18H24N2O5S/c1-3-25-17(21)11-8-14-6-9-16(10-7-14)19-18(22)15-5-4-12-20(13-15)26(2,23)24/h6-11,15H,3-5,12-13H2,1-2H3,(H,19,22)/b11-8+. The molecule has 142 valence electrons. The molecule has 1 aliphatic heterocycles. The normalized spacial score (nSPS) is 18.6. The number of anilines is 1. The average molecular weight is 380 g/mol. The van der Waals surface area contributed by atoms with Gasteiger partial charge in [-0.2, -0.15) is 0 Å². The van der Waals surface area contributed by atoms with E-state index in [1.54, 1.807) is 37.3 Å². The van der Waals surface area contributed by atoms with E-state index in [0.717, 1.165) is 11.8 Å². The Balaban J connectivity index is 1.94. The van der Waals surface area contributed by atoms with E-state index in [0.29, 0.717) is 31.7 Å². The summed E-state index contributed by atoms with van der Waals surface area (Å²) in [7, 11) is -3.28. The summed E-state index contributed by atoms with van der Waals surface area (Å²) in [6.07, 6.45) is 5.48. The zero-order valence-electron chi connectivity index (χ0n) is 15.0. The van der Waals surface area contributed by atoms with Crippen LogP contribution in [0.25, 0.3) is 6.08 Å². The molecule has 1 N–H and O–H groups in total. The number of sulfonamides is 1. The van der Waals surface area contributed by atoms with Crippen molar-refractivity contribution in [3.8, 4) is 0 Å². The third-order valence-corrected chi connectivity index (χ3v) is 5.37. The third-order valence-electron chi connectivity index (χ3n) is 4.10. The number of hydrogen-bond acceptors (Lipinski definition) is 5. The molecule has 0 aromatic heterocycles. The van der Waals surface area contributed by atoms with Crippen LogP contribution in [-0.4, -0.2) is 50.6 Å². The second-order valence-corrected chi connectivity index (χ2v) is 8.14. The van der Waals surface area contributed by atoms with E-state index in [1.165, 1.54) is 10.4 Å². The minimum Gasteiger partial charge on any atom is -0.463 e. The van der Waals surface area contributed by atoms with Crippen LogP contribution in [-0.2, 0) is 24.3 Å². The Morgan fingerprint density at radius 3 is 2.62 bits per heavy atom. The fraction of sp³-hybridized carbons (Fsp3) is 0.444. The van der Waals surface area contributed by atoms with E-state index in [1.807, 2.05) is 0 Å². The van der Waals surface area contributed by atoms with E-state index < -0.39 is 16.0 Å². The minimum absolute atomic E-state index is 0.187. The maximum atomic E-state index is 12.4. The molecule has 1 aromatic carbocycles. The van der Waals surface area contributed by atoms with Gasteiger partial charge in [-0.3, -0.25) is 4.79 Å². The van der Waals surface area contributed by atoms with E-state index in [2.05, 4.69) is 5.32 Å². The second kappa shape index (κ2) is 8.95. The van der Waals surface area contributed by atoms with E-state index >= 15 is 0 Å². The fourth-order valence-electron chi connectivity index (χ4n) is 2.73. The van der Waals surface area contributed by atoms with Gasteiger partial charge in [-0.1, -0.05) is 12.1 Å². The monoisotopic (exact) mass is 380 g/mol. The number of hydrogen-bond donors (Lipinski definition) is 1. The lowest BCUT2D eigenvalue weighted by atomic mass is 9.98. The van der Waals surface area contributed by atoms with Gasteiger partial charge >= 0.3 is 5.97 Å². The highest BCUT2D eigenvalue weighted by atomic mass is 32.2. The van der Waals surface area contributed by atoms with Crippen molar-refractivity contribution in [3.63, 3.8) is 0 Å². The predicted octanol–water partition coefficient (Wildman–Crippen LogP) is 1.87. The fourth-order valence-corrected chi connectivity index (χ4v) is 3.65. The van der Waals surface area contributed by atoms with Crippen molar-refractivity contribution in [2.24, 2.45) is 5.92 Å². The molecular weight excluding hydrogens is 356 g/mol. The zero-order chi connectivity index (χ0) is 19.2. The lowest BCUT2D eigenvalue weighted by molar-refractivity contribution is -0.137. The molecule has 0 radical (unpaired) electrons. The van der Waals surface area contributed by atoms with Gasteiger partial charge < -0.3 is 10.1 Å². The first kappa shape index (κ1) is 20.1. The lowest BCUT2D eigenvalue weighted by Gasteiger charge is -2.30. The van der Waals surface area contributed by atoms with Gasteiger partial charge in [0.1, 0.15) is 0 Å². The molecule has 26 heavy (non-hydrogen) atoms. The number of esters is 1. The largest absolute Gasteiger partial charge is 0.463 e. The average Bonchev–Trinajstić information content (AvgIpc) is 2.61. The van der Waals surface area contributed by atoms with Gasteiger partial charge in [-0.25, -0.2) is 17.5 Å². The van der Waals surface area contributed by atoms with Gasteiger partial charge in [0.25, 0.3) is 0 Å². The first-order valence-corrected chi connectivity index (χ1v) is 10.4. The highest BCUT2D eigenvalue weighted by Crippen LogP contribution is 2.21.